The Morgan fingerprint density at radius 3 is 2.08 bits per heavy atom. The predicted octanol–water partition coefficient (Wildman–Crippen LogP) is 2.45. The van der Waals surface area contributed by atoms with E-state index < -0.39 is 8.56 Å². The van der Waals surface area contributed by atoms with Gasteiger partial charge in [-0.15, -0.1) is 0 Å². The van der Waals surface area contributed by atoms with Crippen molar-refractivity contribution in [2.24, 2.45) is 0 Å². The molecule has 2 nitrogen and oxygen atoms in total. The first-order chi connectivity index (χ1) is 5.74. The van der Waals surface area contributed by atoms with Gasteiger partial charge < -0.3 is 8.85 Å². The third-order valence-electron chi connectivity index (χ3n) is 2.25. The smallest absolute Gasteiger partial charge is 0.337 e. The van der Waals surface area contributed by atoms with Crippen molar-refractivity contribution in [3.63, 3.8) is 0 Å². The van der Waals surface area contributed by atoms with E-state index in [9.17, 15) is 0 Å². The third-order valence-corrected chi connectivity index (χ3v) is 6.25. The Balaban J connectivity index is 3.76. The third kappa shape index (κ3) is 3.94. The summed E-state index contributed by atoms with van der Waals surface area (Å²) in [6, 6.07) is 2.13. The summed E-state index contributed by atoms with van der Waals surface area (Å²) in [6.07, 6.45) is 2.33. The summed E-state index contributed by atoms with van der Waals surface area (Å²) in [5.74, 6) is 0.960. The molecule has 0 amide bonds. The van der Waals surface area contributed by atoms with Gasteiger partial charge in [-0.3, -0.25) is 0 Å². The molecule has 0 aromatic rings. The Hall–Kier alpha value is 0.487. The van der Waals surface area contributed by atoms with E-state index in [2.05, 4.69) is 19.6 Å². The summed E-state index contributed by atoms with van der Waals surface area (Å²) >= 11 is 4.17. The average molecular weight is 208 g/mol. The Morgan fingerprint density at radius 1 is 1.17 bits per heavy atom. The summed E-state index contributed by atoms with van der Waals surface area (Å²) in [5.41, 5.74) is 0. The van der Waals surface area contributed by atoms with E-state index in [0.717, 1.165) is 24.3 Å². The van der Waals surface area contributed by atoms with Crippen LogP contribution >= 0.6 is 12.6 Å². The number of hydrogen-bond donors (Lipinski definition) is 1. The zero-order chi connectivity index (χ0) is 9.45. The molecule has 0 aliphatic carbocycles. The molecule has 0 rings (SSSR count). The van der Waals surface area contributed by atoms with Crippen molar-refractivity contribution >= 4 is 21.2 Å². The van der Waals surface area contributed by atoms with Gasteiger partial charge in [-0.05, 0) is 24.3 Å². The predicted molar refractivity (Wildman–Crippen MR) is 58.1 cm³/mol. The molecule has 0 fully saturated rings. The van der Waals surface area contributed by atoms with Gasteiger partial charge in [0.15, 0.2) is 0 Å². The van der Waals surface area contributed by atoms with Crippen molar-refractivity contribution in [1.82, 2.24) is 0 Å². The van der Waals surface area contributed by atoms with Gasteiger partial charge in [0.05, 0.1) is 0 Å². The fraction of sp³-hybridized carbons (Fsp3) is 1.00. The van der Waals surface area contributed by atoms with Gasteiger partial charge in [-0.25, -0.2) is 0 Å². The lowest BCUT2D eigenvalue weighted by atomic mass is 10.4. The van der Waals surface area contributed by atoms with Gasteiger partial charge >= 0.3 is 8.56 Å². The molecule has 0 aromatic heterocycles. The first kappa shape index (κ1) is 12.5. The van der Waals surface area contributed by atoms with Gasteiger partial charge in [0.2, 0.25) is 0 Å². The highest BCUT2D eigenvalue weighted by atomic mass is 32.1. The van der Waals surface area contributed by atoms with Crippen LogP contribution in [0.4, 0.5) is 0 Å². The summed E-state index contributed by atoms with van der Waals surface area (Å²) < 4.78 is 10.9. The second kappa shape index (κ2) is 6.94. The van der Waals surface area contributed by atoms with Gasteiger partial charge in [0.25, 0.3) is 0 Å². The fourth-order valence-corrected chi connectivity index (χ4v) is 3.78. The first-order valence-corrected chi connectivity index (χ1v) is 7.32. The molecule has 0 unspecified atom stereocenters. The largest absolute Gasteiger partial charge is 0.398 e. The molecule has 12 heavy (non-hydrogen) atoms. The molecule has 0 radical (unpaired) electrons. The lowest BCUT2D eigenvalue weighted by Gasteiger charge is -2.25. The lowest BCUT2D eigenvalue weighted by Crippen LogP contribution is -2.38. The van der Waals surface area contributed by atoms with Crippen molar-refractivity contribution in [2.75, 3.05) is 20.0 Å². The molecule has 0 saturated heterocycles. The highest BCUT2D eigenvalue weighted by Crippen LogP contribution is 2.19. The molecule has 0 heterocycles. The molecule has 0 saturated carbocycles. The molecule has 4 heteroatoms. The molecule has 74 valence electrons. The van der Waals surface area contributed by atoms with Crippen LogP contribution in [0.3, 0.4) is 0 Å². The van der Waals surface area contributed by atoms with Gasteiger partial charge in [-0.2, -0.15) is 12.6 Å². The van der Waals surface area contributed by atoms with Gasteiger partial charge in [0, 0.05) is 14.2 Å². The summed E-state index contributed by atoms with van der Waals surface area (Å²) in [6.45, 7) is 2.14. The zero-order valence-electron chi connectivity index (χ0n) is 8.30. The van der Waals surface area contributed by atoms with E-state index in [1.54, 1.807) is 14.2 Å². The highest BCUT2D eigenvalue weighted by Gasteiger charge is 2.31. The van der Waals surface area contributed by atoms with Crippen LogP contribution in [-0.4, -0.2) is 28.5 Å². The van der Waals surface area contributed by atoms with Gasteiger partial charge in [0.1, 0.15) is 0 Å². The van der Waals surface area contributed by atoms with E-state index in [4.69, 9.17) is 8.85 Å². The zero-order valence-corrected chi connectivity index (χ0v) is 10.2. The van der Waals surface area contributed by atoms with Crippen LogP contribution in [0.2, 0.25) is 12.1 Å². The highest BCUT2D eigenvalue weighted by molar-refractivity contribution is 7.80. The molecule has 0 bridgehead atoms. The van der Waals surface area contributed by atoms with E-state index >= 15 is 0 Å². The topological polar surface area (TPSA) is 18.5 Å². The Kier molecular flexibility index (Phi) is 7.23. The molecule has 0 aliphatic rings. The normalized spacial score (nSPS) is 12.0. The van der Waals surface area contributed by atoms with Crippen LogP contribution in [0.5, 0.6) is 0 Å². The van der Waals surface area contributed by atoms with Crippen LogP contribution in [-0.2, 0) is 8.85 Å². The standard InChI is InChI=1S/C8H20O2SSi/c1-4-12(9-2,10-3)8-6-5-7-11/h11H,4-8H2,1-3H3. The molecular weight excluding hydrogens is 188 g/mol. The van der Waals surface area contributed by atoms with Crippen molar-refractivity contribution in [2.45, 2.75) is 31.9 Å². The minimum atomic E-state index is -1.79. The second-order valence-corrected chi connectivity index (χ2v) is 7.15. The fourth-order valence-electron chi connectivity index (χ4n) is 1.26. The van der Waals surface area contributed by atoms with Gasteiger partial charge in [-0.1, -0.05) is 13.3 Å². The quantitative estimate of drug-likeness (QED) is 0.393. The molecule has 0 atom stereocenters. The van der Waals surface area contributed by atoms with Crippen LogP contribution in [0.15, 0.2) is 0 Å². The Morgan fingerprint density at radius 2 is 1.75 bits per heavy atom. The van der Waals surface area contributed by atoms with Crippen LogP contribution in [0.1, 0.15) is 19.8 Å². The van der Waals surface area contributed by atoms with E-state index in [1.807, 2.05) is 0 Å². The molecular formula is C8H20O2SSi. The summed E-state index contributed by atoms with van der Waals surface area (Å²) in [5, 5.41) is 0. The molecule has 0 aromatic carbocycles. The Bertz CT molecular complexity index is 99.0. The number of unbranched alkanes of at least 4 members (excludes halogenated alkanes) is 1. The lowest BCUT2D eigenvalue weighted by molar-refractivity contribution is 0.242. The van der Waals surface area contributed by atoms with Crippen LogP contribution in [0, 0.1) is 0 Å². The maximum absolute atomic E-state index is 5.47. The monoisotopic (exact) mass is 208 g/mol. The number of rotatable bonds is 7. The van der Waals surface area contributed by atoms with E-state index in [0.29, 0.717) is 0 Å². The Labute approximate surface area is 82.3 Å². The summed E-state index contributed by atoms with van der Waals surface area (Å²) in [7, 11) is 1.74. The maximum Gasteiger partial charge on any atom is 0.337 e. The van der Waals surface area contributed by atoms with Crippen molar-refractivity contribution in [3.05, 3.63) is 0 Å². The minimum Gasteiger partial charge on any atom is -0.398 e. The SMILES string of the molecule is CC[Si](CCCCS)(OC)OC. The number of hydrogen-bond acceptors (Lipinski definition) is 3. The molecule has 0 spiro atoms. The van der Waals surface area contributed by atoms with Crippen molar-refractivity contribution < 1.29 is 8.85 Å². The summed E-state index contributed by atoms with van der Waals surface area (Å²) in [4.78, 5) is 0. The first-order valence-electron chi connectivity index (χ1n) is 4.46. The molecule has 0 aliphatic heterocycles. The van der Waals surface area contributed by atoms with Crippen LogP contribution < -0.4 is 0 Å². The maximum atomic E-state index is 5.47. The van der Waals surface area contributed by atoms with E-state index in [-0.39, 0.29) is 0 Å². The van der Waals surface area contributed by atoms with Crippen LogP contribution in [0.25, 0.3) is 0 Å². The van der Waals surface area contributed by atoms with E-state index in [1.165, 1.54) is 6.42 Å². The number of thiol groups is 1. The second-order valence-electron chi connectivity index (χ2n) is 2.85. The average Bonchev–Trinajstić information content (AvgIpc) is 2.14. The van der Waals surface area contributed by atoms with Crippen molar-refractivity contribution in [1.29, 1.82) is 0 Å². The van der Waals surface area contributed by atoms with Crippen molar-refractivity contribution in [3.8, 4) is 0 Å². The molecule has 0 N–H and O–H groups in total. The minimum absolute atomic E-state index is 0.960.